The molecule has 0 aliphatic carbocycles. The van der Waals surface area contributed by atoms with Crippen molar-refractivity contribution in [2.75, 3.05) is 0 Å². The smallest absolute Gasteiger partial charge is 0.0613 e. The molecule has 1 nitrogen and oxygen atoms in total. The van der Waals surface area contributed by atoms with Crippen molar-refractivity contribution in [3.8, 4) is 0 Å². The molecule has 0 spiro atoms. The average molecular weight is 158 g/mol. The van der Waals surface area contributed by atoms with E-state index in [1.54, 1.807) is 0 Å². The summed E-state index contributed by atoms with van der Waals surface area (Å²) in [5, 5.41) is 9.79. The summed E-state index contributed by atoms with van der Waals surface area (Å²) < 4.78 is 0. The standard InChI is InChI=1S/C10H22O/c1-6-7-8(2)9(11)10(3,4)5/h8-9,11H,6-7H2,1-5H3. The second kappa shape index (κ2) is 4.10. The Balaban J connectivity index is 3.91. The normalized spacial score (nSPS) is 18.0. The molecule has 0 rings (SSSR count). The molecule has 2 unspecified atom stereocenters. The summed E-state index contributed by atoms with van der Waals surface area (Å²) >= 11 is 0. The van der Waals surface area contributed by atoms with Crippen molar-refractivity contribution < 1.29 is 5.11 Å². The van der Waals surface area contributed by atoms with E-state index in [0.717, 1.165) is 12.8 Å². The predicted molar refractivity (Wildman–Crippen MR) is 49.5 cm³/mol. The van der Waals surface area contributed by atoms with Gasteiger partial charge in [0, 0.05) is 0 Å². The number of aliphatic hydroxyl groups is 1. The van der Waals surface area contributed by atoms with E-state index >= 15 is 0 Å². The van der Waals surface area contributed by atoms with E-state index in [0.29, 0.717) is 5.92 Å². The monoisotopic (exact) mass is 158 g/mol. The molecule has 0 radical (unpaired) electrons. The van der Waals surface area contributed by atoms with Crippen LogP contribution in [0.25, 0.3) is 0 Å². The molecule has 1 heteroatoms. The van der Waals surface area contributed by atoms with Crippen LogP contribution in [-0.2, 0) is 0 Å². The summed E-state index contributed by atoms with van der Waals surface area (Å²) in [6.45, 7) is 10.5. The van der Waals surface area contributed by atoms with E-state index in [1.165, 1.54) is 0 Å². The van der Waals surface area contributed by atoms with Crippen LogP contribution in [0.5, 0.6) is 0 Å². The van der Waals surface area contributed by atoms with Crippen molar-refractivity contribution in [1.29, 1.82) is 0 Å². The van der Waals surface area contributed by atoms with E-state index in [1.807, 2.05) is 0 Å². The first-order valence-corrected chi connectivity index (χ1v) is 4.57. The largest absolute Gasteiger partial charge is 0.392 e. The molecule has 0 amide bonds. The van der Waals surface area contributed by atoms with Crippen LogP contribution in [0.4, 0.5) is 0 Å². The number of hydrogen-bond donors (Lipinski definition) is 1. The lowest BCUT2D eigenvalue weighted by molar-refractivity contribution is 0.0150. The van der Waals surface area contributed by atoms with Crippen molar-refractivity contribution in [3.05, 3.63) is 0 Å². The second-order valence-electron chi connectivity index (χ2n) is 4.58. The molecule has 0 aliphatic rings. The molecule has 0 aliphatic heterocycles. The minimum Gasteiger partial charge on any atom is -0.392 e. The number of aliphatic hydroxyl groups excluding tert-OH is 1. The van der Waals surface area contributed by atoms with Gasteiger partial charge < -0.3 is 5.11 Å². The van der Waals surface area contributed by atoms with Gasteiger partial charge in [0.15, 0.2) is 0 Å². The Morgan fingerprint density at radius 3 is 2.00 bits per heavy atom. The molecular weight excluding hydrogens is 136 g/mol. The van der Waals surface area contributed by atoms with Crippen molar-refractivity contribution in [2.24, 2.45) is 11.3 Å². The van der Waals surface area contributed by atoms with Crippen molar-refractivity contribution in [1.82, 2.24) is 0 Å². The zero-order valence-corrected chi connectivity index (χ0v) is 8.52. The van der Waals surface area contributed by atoms with Crippen LogP contribution in [0.1, 0.15) is 47.5 Å². The van der Waals surface area contributed by atoms with Gasteiger partial charge in [-0.15, -0.1) is 0 Å². The summed E-state index contributed by atoms with van der Waals surface area (Å²) in [7, 11) is 0. The molecule has 0 aromatic heterocycles. The SMILES string of the molecule is CCCC(C)C(O)C(C)(C)C. The Morgan fingerprint density at radius 2 is 1.73 bits per heavy atom. The average Bonchev–Trinajstić information content (AvgIpc) is 1.85. The first-order chi connectivity index (χ1) is 4.89. The first kappa shape index (κ1) is 11.0. The fourth-order valence-electron chi connectivity index (χ4n) is 1.47. The van der Waals surface area contributed by atoms with Crippen LogP contribution in [0.2, 0.25) is 0 Å². The molecule has 0 saturated heterocycles. The maximum atomic E-state index is 9.79. The molecule has 0 bridgehead atoms. The lowest BCUT2D eigenvalue weighted by atomic mass is 9.80. The Kier molecular flexibility index (Phi) is 4.09. The van der Waals surface area contributed by atoms with Gasteiger partial charge in [0.05, 0.1) is 6.10 Å². The van der Waals surface area contributed by atoms with E-state index in [-0.39, 0.29) is 11.5 Å². The van der Waals surface area contributed by atoms with Crippen LogP contribution in [0.15, 0.2) is 0 Å². The Bertz CT molecular complexity index is 102. The summed E-state index contributed by atoms with van der Waals surface area (Å²) in [5.41, 5.74) is 0.0363. The number of hydrogen-bond acceptors (Lipinski definition) is 1. The lowest BCUT2D eigenvalue weighted by Crippen LogP contribution is -2.32. The quantitative estimate of drug-likeness (QED) is 0.669. The third kappa shape index (κ3) is 3.76. The third-order valence-corrected chi connectivity index (χ3v) is 2.17. The minimum absolute atomic E-state index is 0.0363. The molecule has 0 fully saturated rings. The summed E-state index contributed by atoms with van der Waals surface area (Å²) in [5.74, 6) is 0.431. The Labute approximate surface area is 70.8 Å². The van der Waals surface area contributed by atoms with Crippen LogP contribution in [0, 0.1) is 11.3 Å². The van der Waals surface area contributed by atoms with Crippen molar-refractivity contribution in [2.45, 2.75) is 53.6 Å². The van der Waals surface area contributed by atoms with Gasteiger partial charge in [-0.25, -0.2) is 0 Å². The highest BCUT2D eigenvalue weighted by atomic mass is 16.3. The fourth-order valence-corrected chi connectivity index (χ4v) is 1.47. The van der Waals surface area contributed by atoms with Crippen LogP contribution < -0.4 is 0 Å². The third-order valence-electron chi connectivity index (χ3n) is 2.17. The molecule has 1 N–H and O–H groups in total. The fraction of sp³-hybridized carbons (Fsp3) is 1.00. The molecule has 11 heavy (non-hydrogen) atoms. The van der Waals surface area contributed by atoms with Gasteiger partial charge in [0.25, 0.3) is 0 Å². The maximum absolute atomic E-state index is 9.79. The summed E-state index contributed by atoms with van der Waals surface area (Å²) in [6, 6.07) is 0. The van der Waals surface area contributed by atoms with E-state index in [2.05, 4.69) is 34.6 Å². The Morgan fingerprint density at radius 1 is 1.27 bits per heavy atom. The summed E-state index contributed by atoms with van der Waals surface area (Å²) in [6.07, 6.45) is 2.12. The van der Waals surface area contributed by atoms with Crippen LogP contribution in [-0.4, -0.2) is 11.2 Å². The van der Waals surface area contributed by atoms with E-state index in [9.17, 15) is 5.11 Å². The first-order valence-electron chi connectivity index (χ1n) is 4.57. The molecule has 68 valence electrons. The van der Waals surface area contributed by atoms with Crippen LogP contribution >= 0.6 is 0 Å². The molecule has 0 saturated carbocycles. The van der Waals surface area contributed by atoms with Gasteiger partial charge in [-0.3, -0.25) is 0 Å². The van der Waals surface area contributed by atoms with E-state index in [4.69, 9.17) is 0 Å². The Hall–Kier alpha value is -0.0400. The highest BCUT2D eigenvalue weighted by Crippen LogP contribution is 2.27. The highest BCUT2D eigenvalue weighted by Gasteiger charge is 2.26. The summed E-state index contributed by atoms with van der Waals surface area (Å²) in [4.78, 5) is 0. The second-order valence-corrected chi connectivity index (χ2v) is 4.58. The van der Waals surface area contributed by atoms with Gasteiger partial charge in [-0.1, -0.05) is 41.0 Å². The zero-order valence-electron chi connectivity index (χ0n) is 8.52. The molecule has 2 atom stereocenters. The van der Waals surface area contributed by atoms with Gasteiger partial charge in [-0.2, -0.15) is 0 Å². The zero-order chi connectivity index (χ0) is 9.07. The maximum Gasteiger partial charge on any atom is 0.0613 e. The van der Waals surface area contributed by atoms with Gasteiger partial charge in [-0.05, 0) is 17.8 Å². The van der Waals surface area contributed by atoms with Gasteiger partial charge in [0.1, 0.15) is 0 Å². The van der Waals surface area contributed by atoms with Gasteiger partial charge in [0.2, 0.25) is 0 Å². The molecule has 0 aromatic rings. The topological polar surface area (TPSA) is 20.2 Å². The van der Waals surface area contributed by atoms with Crippen molar-refractivity contribution in [3.63, 3.8) is 0 Å². The van der Waals surface area contributed by atoms with Crippen LogP contribution in [0.3, 0.4) is 0 Å². The molecule has 0 aromatic carbocycles. The highest BCUT2D eigenvalue weighted by molar-refractivity contribution is 4.76. The molecular formula is C10H22O. The van der Waals surface area contributed by atoms with Gasteiger partial charge >= 0.3 is 0 Å². The predicted octanol–water partition coefficient (Wildman–Crippen LogP) is 2.83. The molecule has 0 heterocycles. The van der Waals surface area contributed by atoms with E-state index < -0.39 is 0 Å². The minimum atomic E-state index is -0.164. The number of rotatable bonds is 3. The van der Waals surface area contributed by atoms with Crippen molar-refractivity contribution >= 4 is 0 Å². The lowest BCUT2D eigenvalue weighted by Gasteiger charge is -2.30.